The number of hydrogen-bond donors (Lipinski definition) is 0. The van der Waals surface area contributed by atoms with E-state index in [9.17, 15) is 0 Å². The SMILES string of the molecule is CCCC1CCC(COc2ccc3cc(OC(C)C4CCC(CCC)CC4)c(F)c(F)c3c2F)CC1. The van der Waals surface area contributed by atoms with Crippen LogP contribution in [0.3, 0.4) is 0 Å². The number of rotatable bonds is 10. The van der Waals surface area contributed by atoms with Crippen LogP contribution in [0.25, 0.3) is 10.8 Å². The molecule has 0 spiro atoms. The second kappa shape index (κ2) is 12.6. The van der Waals surface area contributed by atoms with Gasteiger partial charge in [-0.05, 0) is 73.8 Å². The molecule has 2 fully saturated rings. The Kier molecular flexibility index (Phi) is 9.47. The highest BCUT2D eigenvalue weighted by Gasteiger charge is 2.28. The van der Waals surface area contributed by atoms with Crippen LogP contribution >= 0.6 is 0 Å². The molecule has 0 saturated heterocycles. The Morgan fingerprint density at radius 2 is 1.33 bits per heavy atom. The third-order valence-corrected chi connectivity index (χ3v) is 8.76. The van der Waals surface area contributed by atoms with Gasteiger partial charge in [0.15, 0.2) is 23.1 Å². The molecule has 0 bridgehead atoms. The first kappa shape index (κ1) is 27.1. The topological polar surface area (TPSA) is 18.5 Å². The Bertz CT molecular complexity index is 991. The lowest BCUT2D eigenvalue weighted by atomic mass is 9.78. The molecule has 0 N–H and O–H groups in total. The van der Waals surface area contributed by atoms with E-state index in [4.69, 9.17) is 9.47 Å². The van der Waals surface area contributed by atoms with Crippen molar-refractivity contribution in [2.75, 3.05) is 6.61 Å². The minimum Gasteiger partial charge on any atom is -0.490 e. The van der Waals surface area contributed by atoms with Gasteiger partial charge in [0.1, 0.15) is 0 Å². The van der Waals surface area contributed by atoms with Crippen molar-refractivity contribution in [1.82, 2.24) is 0 Å². The second-order valence-corrected chi connectivity index (χ2v) is 11.4. The van der Waals surface area contributed by atoms with Gasteiger partial charge in [-0.3, -0.25) is 0 Å². The molecule has 0 aliphatic heterocycles. The van der Waals surface area contributed by atoms with E-state index in [2.05, 4.69) is 13.8 Å². The van der Waals surface area contributed by atoms with Crippen LogP contribution in [0.15, 0.2) is 18.2 Å². The van der Waals surface area contributed by atoms with E-state index < -0.39 is 17.5 Å². The van der Waals surface area contributed by atoms with E-state index in [0.717, 1.165) is 50.4 Å². The molecule has 2 aliphatic rings. The van der Waals surface area contributed by atoms with Gasteiger partial charge in [-0.1, -0.05) is 71.3 Å². The molecule has 0 heterocycles. The summed E-state index contributed by atoms with van der Waals surface area (Å²) in [6.07, 6.45) is 13.6. The molecule has 36 heavy (non-hydrogen) atoms. The zero-order chi connectivity index (χ0) is 25.7. The zero-order valence-electron chi connectivity index (χ0n) is 22.3. The van der Waals surface area contributed by atoms with Crippen molar-refractivity contribution < 1.29 is 22.6 Å². The molecule has 5 heteroatoms. The first-order valence-electron chi connectivity index (χ1n) is 14.3. The lowest BCUT2D eigenvalue weighted by molar-refractivity contribution is 0.102. The van der Waals surface area contributed by atoms with Crippen molar-refractivity contribution >= 4 is 10.8 Å². The summed E-state index contributed by atoms with van der Waals surface area (Å²) in [4.78, 5) is 0. The number of benzene rings is 2. The summed E-state index contributed by atoms with van der Waals surface area (Å²) in [5.74, 6) is -1.06. The van der Waals surface area contributed by atoms with Crippen LogP contribution in [0.5, 0.6) is 11.5 Å². The molecule has 0 aromatic heterocycles. The predicted octanol–water partition coefficient (Wildman–Crippen LogP) is 9.62. The average Bonchev–Trinajstić information content (AvgIpc) is 2.88. The zero-order valence-corrected chi connectivity index (χ0v) is 22.3. The number of ether oxygens (including phenoxy) is 2. The fraction of sp³-hybridized carbons (Fsp3) is 0.677. The van der Waals surface area contributed by atoms with Crippen molar-refractivity contribution in [1.29, 1.82) is 0 Å². The van der Waals surface area contributed by atoms with Crippen LogP contribution in [0.2, 0.25) is 0 Å². The maximum Gasteiger partial charge on any atom is 0.201 e. The largest absolute Gasteiger partial charge is 0.490 e. The maximum absolute atomic E-state index is 15.2. The van der Waals surface area contributed by atoms with Gasteiger partial charge in [-0.2, -0.15) is 4.39 Å². The van der Waals surface area contributed by atoms with Crippen LogP contribution in [0.4, 0.5) is 13.2 Å². The van der Waals surface area contributed by atoms with E-state index in [1.54, 1.807) is 6.07 Å². The van der Waals surface area contributed by atoms with Crippen molar-refractivity contribution in [2.24, 2.45) is 23.7 Å². The van der Waals surface area contributed by atoms with Crippen LogP contribution in [-0.2, 0) is 0 Å². The maximum atomic E-state index is 15.2. The molecule has 2 aromatic carbocycles. The van der Waals surface area contributed by atoms with Gasteiger partial charge >= 0.3 is 0 Å². The lowest BCUT2D eigenvalue weighted by Gasteiger charge is -2.32. The van der Waals surface area contributed by atoms with Crippen molar-refractivity contribution in [2.45, 2.75) is 104 Å². The molecule has 0 amide bonds. The van der Waals surface area contributed by atoms with Crippen LogP contribution in [0.1, 0.15) is 97.8 Å². The van der Waals surface area contributed by atoms with E-state index in [1.807, 2.05) is 6.92 Å². The van der Waals surface area contributed by atoms with Crippen LogP contribution < -0.4 is 9.47 Å². The predicted molar refractivity (Wildman–Crippen MR) is 140 cm³/mol. The third kappa shape index (κ3) is 6.31. The van der Waals surface area contributed by atoms with Crippen molar-refractivity contribution in [3.05, 3.63) is 35.7 Å². The van der Waals surface area contributed by atoms with Gasteiger partial charge in [-0.15, -0.1) is 0 Å². The normalized spacial score (nSPS) is 25.6. The Balaban J connectivity index is 1.41. The molecule has 4 rings (SSSR count). The molecule has 200 valence electrons. The van der Waals surface area contributed by atoms with Crippen molar-refractivity contribution in [3.8, 4) is 11.5 Å². The minimum atomic E-state index is -1.20. The monoisotopic (exact) mass is 504 g/mol. The van der Waals surface area contributed by atoms with Gasteiger partial charge in [-0.25, -0.2) is 8.78 Å². The Labute approximate surface area is 214 Å². The summed E-state index contributed by atoms with van der Waals surface area (Å²) < 4.78 is 57.0. The molecule has 2 nitrogen and oxygen atoms in total. The summed E-state index contributed by atoms with van der Waals surface area (Å²) in [6.45, 7) is 6.77. The quantitative estimate of drug-likeness (QED) is 0.321. The standard InChI is InChI=1S/C31H43F3O2/c1-4-6-21-8-10-23(11-9-21)19-35-26-17-16-25-18-27(30(33)31(34)28(25)29(26)32)36-20(3)24-14-12-22(7-5-2)13-15-24/h16-18,20-24H,4-15,19H2,1-3H3. The van der Waals surface area contributed by atoms with E-state index in [1.165, 1.54) is 50.7 Å². The fourth-order valence-electron chi connectivity index (χ4n) is 6.49. The summed E-state index contributed by atoms with van der Waals surface area (Å²) in [6, 6.07) is 4.55. The Morgan fingerprint density at radius 1 is 0.750 bits per heavy atom. The molecule has 2 aromatic rings. The van der Waals surface area contributed by atoms with E-state index in [0.29, 0.717) is 18.4 Å². The van der Waals surface area contributed by atoms with Gasteiger partial charge in [0, 0.05) is 0 Å². The highest BCUT2D eigenvalue weighted by Crippen LogP contribution is 2.38. The first-order chi connectivity index (χ1) is 17.4. The first-order valence-corrected chi connectivity index (χ1v) is 14.3. The summed E-state index contributed by atoms with van der Waals surface area (Å²) in [5, 5.41) is -0.0793. The Morgan fingerprint density at radius 3 is 1.94 bits per heavy atom. The molecule has 2 aliphatic carbocycles. The second-order valence-electron chi connectivity index (χ2n) is 11.4. The molecule has 2 saturated carbocycles. The molecule has 1 atom stereocenters. The highest BCUT2D eigenvalue weighted by atomic mass is 19.2. The van der Waals surface area contributed by atoms with Gasteiger partial charge in [0.05, 0.1) is 18.1 Å². The Hall–Kier alpha value is -1.91. The molecule has 1 unspecified atom stereocenters. The van der Waals surface area contributed by atoms with Crippen LogP contribution in [0, 0.1) is 41.1 Å². The minimum absolute atomic E-state index is 0.0117. The van der Waals surface area contributed by atoms with E-state index in [-0.39, 0.29) is 28.4 Å². The number of halogens is 3. The summed E-state index contributed by atoms with van der Waals surface area (Å²) in [7, 11) is 0. The smallest absolute Gasteiger partial charge is 0.201 e. The lowest BCUT2D eigenvalue weighted by Crippen LogP contribution is -2.28. The van der Waals surface area contributed by atoms with Crippen LogP contribution in [-0.4, -0.2) is 12.7 Å². The summed E-state index contributed by atoms with van der Waals surface area (Å²) in [5.41, 5.74) is 0. The fourth-order valence-corrected chi connectivity index (χ4v) is 6.49. The average molecular weight is 505 g/mol. The number of hydrogen-bond acceptors (Lipinski definition) is 2. The number of fused-ring (bicyclic) bond motifs is 1. The molecule has 0 radical (unpaired) electrons. The summed E-state index contributed by atoms with van der Waals surface area (Å²) >= 11 is 0. The van der Waals surface area contributed by atoms with Gasteiger partial charge in [0.2, 0.25) is 5.82 Å². The van der Waals surface area contributed by atoms with E-state index >= 15 is 13.2 Å². The van der Waals surface area contributed by atoms with Crippen molar-refractivity contribution in [3.63, 3.8) is 0 Å². The highest BCUT2D eigenvalue weighted by molar-refractivity contribution is 5.86. The molecular formula is C31H43F3O2. The van der Waals surface area contributed by atoms with Gasteiger partial charge < -0.3 is 9.47 Å². The van der Waals surface area contributed by atoms with Gasteiger partial charge in [0.25, 0.3) is 0 Å². The third-order valence-electron chi connectivity index (χ3n) is 8.76. The molecular weight excluding hydrogens is 461 g/mol.